The van der Waals surface area contributed by atoms with E-state index in [0.29, 0.717) is 23.3 Å². The van der Waals surface area contributed by atoms with E-state index in [1.54, 1.807) is 13.3 Å². The fraction of sp³-hybridized carbons (Fsp3) is 0.440. The lowest BCUT2D eigenvalue weighted by Gasteiger charge is -2.32. The number of likely N-dealkylation sites (tertiary alicyclic amines) is 1. The van der Waals surface area contributed by atoms with E-state index >= 15 is 0 Å². The van der Waals surface area contributed by atoms with Crippen LogP contribution in [0.1, 0.15) is 43.0 Å². The van der Waals surface area contributed by atoms with Crippen molar-refractivity contribution in [1.29, 1.82) is 0 Å². The van der Waals surface area contributed by atoms with E-state index in [1.165, 1.54) is 12.8 Å². The maximum Gasteiger partial charge on any atom is 0.238 e. The lowest BCUT2D eigenvalue weighted by Crippen LogP contribution is -2.34. The first-order valence-corrected chi connectivity index (χ1v) is 11.7. The van der Waals surface area contributed by atoms with Gasteiger partial charge in [0.2, 0.25) is 11.8 Å². The van der Waals surface area contributed by atoms with Gasteiger partial charge in [-0.05, 0) is 50.4 Å². The number of methoxy groups -OCH3 is 1. The molecule has 0 spiro atoms. The minimum atomic E-state index is 0.312. The molecule has 172 valence electrons. The van der Waals surface area contributed by atoms with Gasteiger partial charge in [0.1, 0.15) is 0 Å². The second-order valence-electron chi connectivity index (χ2n) is 8.65. The van der Waals surface area contributed by atoms with Gasteiger partial charge in [-0.2, -0.15) is 0 Å². The summed E-state index contributed by atoms with van der Waals surface area (Å²) in [6.07, 6.45) is 10.1. The normalized spacial score (nSPS) is 18.9. The maximum atomic E-state index is 5.98. The van der Waals surface area contributed by atoms with Crippen LogP contribution in [-0.2, 0) is 6.54 Å². The molecule has 1 aromatic carbocycles. The second-order valence-corrected chi connectivity index (χ2v) is 8.65. The SMILES string of the molecule is COc1ccccc1Oc1cncc([C@H]2CCCN(Cc3ccnc(N4CCCC4)n3)C2)n1. The van der Waals surface area contributed by atoms with Crippen molar-refractivity contribution in [3.8, 4) is 17.4 Å². The molecule has 1 atom stereocenters. The van der Waals surface area contributed by atoms with Crippen molar-refractivity contribution in [2.45, 2.75) is 38.1 Å². The van der Waals surface area contributed by atoms with Gasteiger partial charge in [-0.15, -0.1) is 0 Å². The molecule has 4 heterocycles. The lowest BCUT2D eigenvalue weighted by atomic mass is 9.95. The highest BCUT2D eigenvalue weighted by Crippen LogP contribution is 2.32. The number of hydrogen-bond acceptors (Lipinski definition) is 8. The summed E-state index contributed by atoms with van der Waals surface area (Å²) >= 11 is 0. The van der Waals surface area contributed by atoms with E-state index in [0.717, 1.165) is 62.9 Å². The Morgan fingerprint density at radius 3 is 2.67 bits per heavy atom. The Morgan fingerprint density at radius 2 is 1.82 bits per heavy atom. The highest BCUT2D eigenvalue weighted by molar-refractivity contribution is 5.41. The van der Waals surface area contributed by atoms with E-state index in [1.807, 2.05) is 42.7 Å². The topological polar surface area (TPSA) is 76.5 Å². The highest BCUT2D eigenvalue weighted by Gasteiger charge is 2.24. The van der Waals surface area contributed by atoms with Crippen LogP contribution in [0.4, 0.5) is 5.95 Å². The molecule has 0 radical (unpaired) electrons. The number of rotatable bonds is 7. The summed E-state index contributed by atoms with van der Waals surface area (Å²) in [6, 6.07) is 9.60. The summed E-state index contributed by atoms with van der Waals surface area (Å²) in [6.45, 7) is 4.92. The summed E-state index contributed by atoms with van der Waals surface area (Å²) in [5.74, 6) is 2.97. The Labute approximate surface area is 194 Å². The standard InChI is InChI=1S/C25H30N6O2/c1-32-22-8-2-3-9-23(22)33-24-16-26-15-21(29-24)19-7-6-12-30(17-19)18-20-10-11-27-25(28-20)31-13-4-5-14-31/h2-3,8-11,15-16,19H,4-7,12-14,17-18H2,1H3/t19-/m0/s1. The van der Waals surface area contributed by atoms with E-state index < -0.39 is 0 Å². The van der Waals surface area contributed by atoms with Crippen molar-refractivity contribution in [2.75, 3.05) is 38.2 Å². The number of aromatic nitrogens is 4. The molecule has 8 heteroatoms. The van der Waals surface area contributed by atoms with Gasteiger partial charge in [0, 0.05) is 44.5 Å². The van der Waals surface area contributed by atoms with Gasteiger partial charge in [0.25, 0.3) is 0 Å². The van der Waals surface area contributed by atoms with Crippen LogP contribution >= 0.6 is 0 Å². The van der Waals surface area contributed by atoms with Crippen molar-refractivity contribution in [3.05, 3.63) is 60.3 Å². The summed E-state index contributed by atoms with van der Waals surface area (Å²) in [5, 5.41) is 0. The molecular weight excluding hydrogens is 416 g/mol. The van der Waals surface area contributed by atoms with E-state index in [9.17, 15) is 0 Å². The third-order valence-electron chi connectivity index (χ3n) is 6.31. The molecule has 3 aromatic rings. The molecule has 0 amide bonds. The average Bonchev–Trinajstić information content (AvgIpc) is 3.40. The predicted molar refractivity (Wildman–Crippen MR) is 126 cm³/mol. The van der Waals surface area contributed by atoms with E-state index in [2.05, 4.69) is 19.8 Å². The summed E-state index contributed by atoms with van der Waals surface area (Å²) in [5.41, 5.74) is 2.04. The largest absolute Gasteiger partial charge is 0.493 e. The zero-order valence-corrected chi connectivity index (χ0v) is 19.1. The molecule has 0 saturated carbocycles. The molecule has 0 aliphatic carbocycles. The van der Waals surface area contributed by atoms with Crippen LogP contribution in [0.3, 0.4) is 0 Å². The molecule has 2 aliphatic heterocycles. The van der Waals surface area contributed by atoms with Crippen LogP contribution in [0.15, 0.2) is 48.9 Å². The highest BCUT2D eigenvalue weighted by atomic mass is 16.5. The number of piperidine rings is 1. The van der Waals surface area contributed by atoms with E-state index in [-0.39, 0.29) is 0 Å². The van der Waals surface area contributed by atoms with Crippen molar-refractivity contribution >= 4 is 5.95 Å². The molecule has 8 nitrogen and oxygen atoms in total. The van der Waals surface area contributed by atoms with Crippen molar-refractivity contribution in [2.24, 2.45) is 0 Å². The minimum absolute atomic E-state index is 0.312. The van der Waals surface area contributed by atoms with Crippen LogP contribution in [-0.4, -0.2) is 58.1 Å². The smallest absolute Gasteiger partial charge is 0.238 e. The number of nitrogens with zero attached hydrogens (tertiary/aromatic N) is 6. The number of hydrogen-bond donors (Lipinski definition) is 0. The van der Waals surface area contributed by atoms with Gasteiger partial charge in [-0.25, -0.2) is 15.0 Å². The van der Waals surface area contributed by atoms with Gasteiger partial charge >= 0.3 is 0 Å². The number of para-hydroxylation sites is 2. The first kappa shape index (κ1) is 21.6. The van der Waals surface area contributed by atoms with Gasteiger partial charge in [-0.3, -0.25) is 9.88 Å². The quantitative estimate of drug-likeness (QED) is 0.538. The molecule has 2 aliphatic rings. The van der Waals surface area contributed by atoms with Gasteiger partial charge in [-0.1, -0.05) is 12.1 Å². The molecule has 2 fully saturated rings. The van der Waals surface area contributed by atoms with Gasteiger partial charge in [0.05, 0.1) is 24.7 Å². The maximum absolute atomic E-state index is 5.98. The third kappa shape index (κ3) is 5.22. The third-order valence-corrected chi connectivity index (χ3v) is 6.31. The Morgan fingerprint density at radius 1 is 0.970 bits per heavy atom. The molecule has 33 heavy (non-hydrogen) atoms. The average molecular weight is 447 g/mol. The number of anilines is 1. The van der Waals surface area contributed by atoms with Crippen molar-refractivity contribution < 1.29 is 9.47 Å². The summed E-state index contributed by atoms with van der Waals surface area (Å²) in [4.78, 5) is 23.2. The molecular formula is C25H30N6O2. The Hall–Kier alpha value is -3.26. The van der Waals surface area contributed by atoms with E-state index in [4.69, 9.17) is 19.4 Å². The zero-order chi connectivity index (χ0) is 22.5. The minimum Gasteiger partial charge on any atom is -0.493 e. The second kappa shape index (κ2) is 10.1. The number of benzene rings is 1. The molecule has 2 aromatic heterocycles. The number of ether oxygens (including phenoxy) is 2. The molecule has 0 unspecified atom stereocenters. The fourth-order valence-electron chi connectivity index (χ4n) is 4.64. The zero-order valence-electron chi connectivity index (χ0n) is 19.1. The summed E-state index contributed by atoms with van der Waals surface area (Å²) in [7, 11) is 1.63. The Kier molecular flexibility index (Phi) is 6.62. The summed E-state index contributed by atoms with van der Waals surface area (Å²) < 4.78 is 11.4. The first-order valence-electron chi connectivity index (χ1n) is 11.7. The van der Waals surface area contributed by atoms with Gasteiger partial charge < -0.3 is 14.4 Å². The van der Waals surface area contributed by atoms with Crippen LogP contribution in [0, 0.1) is 0 Å². The Bertz CT molecular complexity index is 1070. The molecule has 0 bridgehead atoms. The molecule has 5 rings (SSSR count). The van der Waals surface area contributed by atoms with Crippen molar-refractivity contribution in [1.82, 2.24) is 24.8 Å². The van der Waals surface area contributed by atoms with Crippen LogP contribution < -0.4 is 14.4 Å². The van der Waals surface area contributed by atoms with Crippen molar-refractivity contribution in [3.63, 3.8) is 0 Å². The Balaban J connectivity index is 1.25. The monoisotopic (exact) mass is 446 g/mol. The fourth-order valence-corrected chi connectivity index (χ4v) is 4.64. The molecule has 2 saturated heterocycles. The van der Waals surface area contributed by atoms with Crippen LogP contribution in [0.25, 0.3) is 0 Å². The predicted octanol–water partition coefficient (Wildman–Crippen LogP) is 4.05. The van der Waals surface area contributed by atoms with Gasteiger partial charge in [0.15, 0.2) is 11.5 Å². The van der Waals surface area contributed by atoms with Crippen LogP contribution in [0.5, 0.6) is 17.4 Å². The van der Waals surface area contributed by atoms with Crippen LogP contribution in [0.2, 0.25) is 0 Å². The lowest BCUT2D eigenvalue weighted by molar-refractivity contribution is 0.196. The first-order chi connectivity index (χ1) is 16.3. The molecule has 0 N–H and O–H groups in total.